The fraction of sp³-hybridized carbons (Fsp3) is 0.600. The van der Waals surface area contributed by atoms with E-state index in [0.29, 0.717) is 12.0 Å². The number of furan rings is 1. The lowest BCUT2D eigenvalue weighted by molar-refractivity contribution is 0.345. The molecule has 1 aromatic rings. The highest BCUT2D eigenvalue weighted by Gasteiger charge is 2.28. The normalized spacial score (nSPS) is 24.0. The first-order valence-electron chi connectivity index (χ1n) is 4.81. The molecule has 2 unspecified atom stereocenters. The minimum Gasteiger partial charge on any atom is -0.466 e. The zero-order chi connectivity index (χ0) is 9.97. The van der Waals surface area contributed by atoms with Crippen LogP contribution < -0.4 is 5.32 Å². The molecule has 2 nitrogen and oxygen atoms in total. The average molecular weight is 276 g/mol. The van der Waals surface area contributed by atoms with Crippen molar-refractivity contribution in [3.8, 4) is 0 Å². The number of nitrogens with one attached hydrogen (secondary N) is 1. The molecule has 2 atom stereocenters. The lowest BCUT2D eigenvalue weighted by Crippen LogP contribution is -2.25. The number of hydrogen-bond acceptors (Lipinski definition) is 3. The van der Waals surface area contributed by atoms with Gasteiger partial charge in [-0.25, -0.2) is 0 Å². The Balaban J connectivity index is 2.16. The van der Waals surface area contributed by atoms with Gasteiger partial charge in [0, 0.05) is 0 Å². The second-order valence-electron chi connectivity index (χ2n) is 3.52. The Labute approximate surface area is 97.0 Å². The quantitative estimate of drug-likeness (QED) is 0.918. The smallest absolute Gasteiger partial charge is 0.135 e. The Morgan fingerprint density at radius 1 is 1.71 bits per heavy atom. The van der Waals surface area contributed by atoms with Crippen LogP contribution in [-0.2, 0) is 0 Å². The van der Waals surface area contributed by atoms with Crippen LogP contribution in [0.2, 0.25) is 0 Å². The molecule has 1 saturated heterocycles. The van der Waals surface area contributed by atoms with Crippen LogP contribution in [0.4, 0.5) is 0 Å². The zero-order valence-electron chi connectivity index (χ0n) is 8.13. The summed E-state index contributed by atoms with van der Waals surface area (Å²) < 4.78 is 6.59. The van der Waals surface area contributed by atoms with Crippen molar-refractivity contribution in [2.45, 2.75) is 12.5 Å². The van der Waals surface area contributed by atoms with Crippen molar-refractivity contribution < 1.29 is 4.42 Å². The van der Waals surface area contributed by atoms with Crippen LogP contribution in [0.25, 0.3) is 0 Å². The van der Waals surface area contributed by atoms with Crippen molar-refractivity contribution in [1.82, 2.24) is 5.32 Å². The van der Waals surface area contributed by atoms with Gasteiger partial charge in [0.25, 0.3) is 0 Å². The van der Waals surface area contributed by atoms with Crippen LogP contribution in [0.5, 0.6) is 0 Å². The summed E-state index contributed by atoms with van der Waals surface area (Å²) in [7, 11) is 2.00. The molecule has 0 amide bonds. The average Bonchev–Trinajstić information content (AvgIpc) is 2.80. The van der Waals surface area contributed by atoms with Crippen LogP contribution in [0.15, 0.2) is 21.2 Å². The van der Waals surface area contributed by atoms with E-state index in [1.54, 1.807) is 6.26 Å². The fourth-order valence-corrected chi connectivity index (χ4v) is 3.67. The molecule has 0 aliphatic carbocycles. The van der Waals surface area contributed by atoms with E-state index in [0.717, 1.165) is 10.2 Å². The van der Waals surface area contributed by atoms with E-state index in [1.807, 2.05) is 24.9 Å². The summed E-state index contributed by atoms with van der Waals surface area (Å²) in [6, 6.07) is 2.32. The molecule has 1 aromatic heterocycles. The van der Waals surface area contributed by atoms with E-state index in [2.05, 4.69) is 21.2 Å². The summed E-state index contributed by atoms with van der Waals surface area (Å²) >= 11 is 5.55. The first-order chi connectivity index (χ1) is 6.83. The highest BCUT2D eigenvalue weighted by atomic mass is 79.9. The zero-order valence-corrected chi connectivity index (χ0v) is 10.5. The predicted octanol–water partition coefficient (Wildman–Crippen LogP) is 3.06. The van der Waals surface area contributed by atoms with E-state index in [-0.39, 0.29) is 0 Å². The second kappa shape index (κ2) is 4.73. The van der Waals surface area contributed by atoms with Crippen molar-refractivity contribution in [2.24, 2.45) is 5.92 Å². The fourth-order valence-electron chi connectivity index (χ4n) is 1.92. The summed E-state index contributed by atoms with van der Waals surface area (Å²) in [4.78, 5) is 0. The van der Waals surface area contributed by atoms with Gasteiger partial charge in [0.15, 0.2) is 0 Å². The SMILES string of the molecule is CNC(c1occc1Br)C1CCSC1. The third kappa shape index (κ3) is 2.02. The van der Waals surface area contributed by atoms with Crippen LogP contribution >= 0.6 is 27.7 Å². The van der Waals surface area contributed by atoms with Crippen molar-refractivity contribution in [1.29, 1.82) is 0 Å². The van der Waals surface area contributed by atoms with Crippen LogP contribution in [-0.4, -0.2) is 18.6 Å². The van der Waals surface area contributed by atoms with Crippen molar-refractivity contribution >= 4 is 27.7 Å². The molecular formula is C10H14BrNOS. The molecule has 1 aliphatic heterocycles. The first kappa shape index (κ1) is 10.6. The summed E-state index contributed by atoms with van der Waals surface area (Å²) in [5, 5.41) is 3.35. The molecule has 0 aromatic carbocycles. The Morgan fingerprint density at radius 3 is 3.07 bits per heavy atom. The molecule has 0 radical (unpaired) electrons. The monoisotopic (exact) mass is 275 g/mol. The highest BCUT2D eigenvalue weighted by Crippen LogP contribution is 2.36. The standard InChI is InChI=1S/C10H14BrNOS/c1-12-9(7-3-5-14-6-7)10-8(11)2-4-13-10/h2,4,7,9,12H,3,5-6H2,1H3. The van der Waals surface area contributed by atoms with Gasteiger partial charge in [0.1, 0.15) is 5.76 Å². The van der Waals surface area contributed by atoms with E-state index >= 15 is 0 Å². The minimum absolute atomic E-state index is 0.356. The van der Waals surface area contributed by atoms with Crippen LogP contribution in [0, 0.1) is 5.92 Å². The van der Waals surface area contributed by atoms with Gasteiger partial charge in [0.05, 0.1) is 16.8 Å². The third-order valence-corrected chi connectivity index (χ3v) is 4.52. The Morgan fingerprint density at radius 2 is 2.57 bits per heavy atom. The maximum Gasteiger partial charge on any atom is 0.135 e. The van der Waals surface area contributed by atoms with Crippen molar-refractivity contribution in [3.63, 3.8) is 0 Å². The van der Waals surface area contributed by atoms with E-state index < -0.39 is 0 Å². The molecule has 14 heavy (non-hydrogen) atoms. The molecule has 1 fully saturated rings. The molecule has 0 spiro atoms. The van der Waals surface area contributed by atoms with Gasteiger partial charge in [0.2, 0.25) is 0 Å². The van der Waals surface area contributed by atoms with Crippen LogP contribution in [0.1, 0.15) is 18.2 Å². The molecule has 2 heterocycles. The van der Waals surface area contributed by atoms with Crippen molar-refractivity contribution in [3.05, 3.63) is 22.6 Å². The predicted molar refractivity (Wildman–Crippen MR) is 63.6 cm³/mol. The first-order valence-corrected chi connectivity index (χ1v) is 6.75. The maximum atomic E-state index is 5.51. The molecule has 4 heteroatoms. The minimum atomic E-state index is 0.356. The van der Waals surface area contributed by atoms with E-state index in [4.69, 9.17) is 4.42 Å². The van der Waals surface area contributed by atoms with Gasteiger partial charge in [-0.3, -0.25) is 0 Å². The lowest BCUT2D eigenvalue weighted by Gasteiger charge is -2.20. The number of thioether (sulfide) groups is 1. The summed E-state index contributed by atoms with van der Waals surface area (Å²) in [5.41, 5.74) is 0. The third-order valence-electron chi connectivity index (χ3n) is 2.67. The van der Waals surface area contributed by atoms with Gasteiger partial charge in [-0.2, -0.15) is 11.8 Å². The lowest BCUT2D eigenvalue weighted by atomic mass is 9.97. The second-order valence-corrected chi connectivity index (χ2v) is 5.53. The number of hydrogen-bond donors (Lipinski definition) is 1. The molecule has 1 aliphatic rings. The molecule has 78 valence electrons. The number of halogens is 1. The largest absolute Gasteiger partial charge is 0.466 e. The van der Waals surface area contributed by atoms with Gasteiger partial charge in [-0.15, -0.1) is 0 Å². The molecule has 1 N–H and O–H groups in total. The number of rotatable bonds is 3. The van der Waals surface area contributed by atoms with Gasteiger partial charge < -0.3 is 9.73 Å². The van der Waals surface area contributed by atoms with Gasteiger partial charge in [-0.1, -0.05) is 0 Å². The maximum absolute atomic E-state index is 5.51. The topological polar surface area (TPSA) is 25.2 Å². The van der Waals surface area contributed by atoms with E-state index in [9.17, 15) is 0 Å². The van der Waals surface area contributed by atoms with E-state index in [1.165, 1.54) is 17.9 Å². The molecule has 2 rings (SSSR count). The Bertz CT molecular complexity index is 296. The summed E-state index contributed by atoms with van der Waals surface area (Å²) in [6.07, 6.45) is 3.02. The highest BCUT2D eigenvalue weighted by molar-refractivity contribution is 9.10. The summed E-state index contributed by atoms with van der Waals surface area (Å²) in [5.74, 6) is 4.26. The Kier molecular flexibility index (Phi) is 3.57. The van der Waals surface area contributed by atoms with Crippen molar-refractivity contribution in [2.75, 3.05) is 18.6 Å². The molecular weight excluding hydrogens is 262 g/mol. The van der Waals surface area contributed by atoms with Gasteiger partial charge >= 0.3 is 0 Å². The van der Waals surface area contributed by atoms with Gasteiger partial charge in [-0.05, 0) is 52.9 Å². The van der Waals surface area contributed by atoms with Crippen LogP contribution in [0.3, 0.4) is 0 Å². The summed E-state index contributed by atoms with van der Waals surface area (Å²) in [6.45, 7) is 0. The molecule has 0 saturated carbocycles. The Hall–Kier alpha value is 0.0700. The molecule has 0 bridgehead atoms.